The lowest BCUT2D eigenvalue weighted by molar-refractivity contribution is -0.123. The minimum absolute atomic E-state index is 0.379. The first-order chi connectivity index (χ1) is 16.0. The van der Waals surface area contributed by atoms with E-state index in [9.17, 15) is 9.59 Å². The fourth-order valence-electron chi connectivity index (χ4n) is 3.19. The third-order valence-electron chi connectivity index (χ3n) is 4.61. The summed E-state index contributed by atoms with van der Waals surface area (Å²) in [6, 6.07) is 22.2. The Morgan fingerprint density at radius 2 is 1.67 bits per heavy atom. The molecule has 9 nitrogen and oxygen atoms in total. The Morgan fingerprint density at radius 1 is 0.939 bits per heavy atom. The van der Waals surface area contributed by atoms with Gasteiger partial charge in [0, 0.05) is 35.5 Å². The van der Waals surface area contributed by atoms with E-state index in [0.29, 0.717) is 40.0 Å². The number of aromatic nitrogens is 2. The van der Waals surface area contributed by atoms with Gasteiger partial charge in [-0.1, -0.05) is 53.7 Å². The molecule has 33 heavy (non-hydrogen) atoms. The number of hydrogen-bond donors (Lipinski definition) is 3. The molecule has 1 unspecified atom stereocenters. The number of anilines is 2. The van der Waals surface area contributed by atoms with Crippen molar-refractivity contribution in [2.45, 2.75) is 13.0 Å². The van der Waals surface area contributed by atoms with E-state index in [2.05, 4.69) is 20.8 Å². The zero-order valence-electron chi connectivity index (χ0n) is 17.7. The van der Waals surface area contributed by atoms with Gasteiger partial charge in [0.25, 0.3) is 5.91 Å². The number of urea groups is 1. The second-order valence-corrected chi connectivity index (χ2v) is 7.13. The molecule has 1 atom stereocenters. The molecule has 0 aliphatic carbocycles. The van der Waals surface area contributed by atoms with Gasteiger partial charge in [-0.3, -0.25) is 4.79 Å². The van der Waals surface area contributed by atoms with E-state index in [1.165, 1.54) is 0 Å². The standard InChI is InChI=1S/C24H21N5O4/c1-15-26-22(29-33-15)17-9-5-10-18(13-17)27-23(30)21(16-7-3-2-4-8-16)32-20-12-6-11-19(14-20)28-24(25)31/h2-14,21H,1H3,(H,27,30)(H3,25,28,31). The molecule has 1 heterocycles. The second-order valence-electron chi connectivity index (χ2n) is 7.13. The fourth-order valence-corrected chi connectivity index (χ4v) is 3.19. The highest BCUT2D eigenvalue weighted by Gasteiger charge is 2.23. The van der Waals surface area contributed by atoms with Gasteiger partial charge in [-0.2, -0.15) is 4.98 Å². The summed E-state index contributed by atoms with van der Waals surface area (Å²) in [7, 11) is 0. The monoisotopic (exact) mass is 443 g/mol. The molecule has 0 saturated heterocycles. The summed E-state index contributed by atoms with van der Waals surface area (Å²) >= 11 is 0. The largest absolute Gasteiger partial charge is 0.476 e. The lowest BCUT2D eigenvalue weighted by Crippen LogP contribution is -2.26. The summed E-state index contributed by atoms with van der Waals surface area (Å²) in [6.45, 7) is 1.71. The molecule has 0 radical (unpaired) electrons. The van der Waals surface area contributed by atoms with E-state index in [-0.39, 0.29) is 5.91 Å². The van der Waals surface area contributed by atoms with Gasteiger partial charge in [-0.25, -0.2) is 4.79 Å². The highest BCUT2D eigenvalue weighted by molar-refractivity contribution is 5.95. The molecular formula is C24H21N5O4. The predicted octanol–water partition coefficient (Wildman–Crippen LogP) is 4.29. The van der Waals surface area contributed by atoms with Crippen LogP contribution in [-0.2, 0) is 4.79 Å². The Labute approximate surface area is 189 Å². The molecule has 4 N–H and O–H groups in total. The maximum Gasteiger partial charge on any atom is 0.316 e. The van der Waals surface area contributed by atoms with Gasteiger partial charge < -0.3 is 25.6 Å². The third kappa shape index (κ3) is 5.53. The van der Waals surface area contributed by atoms with Crippen molar-refractivity contribution >= 4 is 23.3 Å². The maximum absolute atomic E-state index is 13.3. The molecule has 0 aliphatic rings. The zero-order valence-corrected chi connectivity index (χ0v) is 17.7. The highest BCUT2D eigenvalue weighted by atomic mass is 16.5. The number of rotatable bonds is 7. The van der Waals surface area contributed by atoms with E-state index in [1.54, 1.807) is 61.5 Å². The summed E-state index contributed by atoms with van der Waals surface area (Å²) in [4.78, 5) is 28.6. The highest BCUT2D eigenvalue weighted by Crippen LogP contribution is 2.27. The first-order valence-corrected chi connectivity index (χ1v) is 10.1. The van der Waals surface area contributed by atoms with Gasteiger partial charge in [0.05, 0.1) is 0 Å². The van der Waals surface area contributed by atoms with Crippen molar-refractivity contribution in [1.82, 2.24) is 10.1 Å². The molecule has 9 heteroatoms. The molecule has 0 saturated carbocycles. The molecular weight excluding hydrogens is 422 g/mol. The van der Waals surface area contributed by atoms with Crippen molar-refractivity contribution in [1.29, 1.82) is 0 Å². The number of nitrogens with zero attached hydrogens (tertiary/aromatic N) is 2. The minimum atomic E-state index is -0.953. The van der Waals surface area contributed by atoms with E-state index >= 15 is 0 Å². The number of benzene rings is 3. The molecule has 0 aliphatic heterocycles. The first-order valence-electron chi connectivity index (χ1n) is 10.1. The van der Waals surface area contributed by atoms with Crippen LogP contribution in [0, 0.1) is 6.92 Å². The van der Waals surface area contributed by atoms with Crippen LogP contribution in [0.2, 0.25) is 0 Å². The molecule has 0 spiro atoms. The number of hydrogen-bond acceptors (Lipinski definition) is 6. The second kappa shape index (κ2) is 9.65. The van der Waals surface area contributed by atoms with Gasteiger partial charge in [0.2, 0.25) is 17.8 Å². The molecule has 4 rings (SSSR count). The average molecular weight is 443 g/mol. The van der Waals surface area contributed by atoms with Crippen molar-refractivity contribution in [2.75, 3.05) is 10.6 Å². The maximum atomic E-state index is 13.3. The number of nitrogens with two attached hydrogens (primary N) is 1. The first kappa shape index (κ1) is 21.6. The van der Waals surface area contributed by atoms with Gasteiger partial charge in [-0.15, -0.1) is 0 Å². The Hall–Kier alpha value is -4.66. The van der Waals surface area contributed by atoms with Crippen molar-refractivity contribution in [2.24, 2.45) is 5.73 Å². The van der Waals surface area contributed by atoms with Gasteiger partial charge >= 0.3 is 6.03 Å². The van der Waals surface area contributed by atoms with Gasteiger partial charge in [-0.05, 0) is 24.3 Å². The summed E-state index contributed by atoms with van der Waals surface area (Å²) in [5.74, 6) is 0.889. The number of nitrogens with one attached hydrogen (secondary N) is 2. The van der Waals surface area contributed by atoms with Crippen molar-refractivity contribution in [3.05, 3.63) is 90.3 Å². The quantitative estimate of drug-likeness (QED) is 0.390. The SMILES string of the molecule is Cc1nc(-c2cccc(NC(=O)C(Oc3cccc(NC(N)=O)c3)c3ccccc3)c2)no1. The van der Waals surface area contributed by atoms with Crippen molar-refractivity contribution < 1.29 is 18.8 Å². The molecule has 0 fully saturated rings. The van der Waals surface area contributed by atoms with E-state index in [1.807, 2.05) is 24.3 Å². The van der Waals surface area contributed by atoms with Crippen LogP contribution in [0.1, 0.15) is 17.6 Å². The van der Waals surface area contributed by atoms with Crippen LogP contribution in [-0.4, -0.2) is 22.1 Å². The Balaban J connectivity index is 1.58. The number of ether oxygens (including phenoxy) is 1. The topological polar surface area (TPSA) is 132 Å². The zero-order chi connectivity index (χ0) is 23.2. The summed E-state index contributed by atoms with van der Waals surface area (Å²) in [5, 5.41) is 9.29. The number of primary amides is 1. The molecule has 4 aromatic rings. The van der Waals surface area contributed by atoms with Crippen LogP contribution in [0.25, 0.3) is 11.4 Å². The lowest BCUT2D eigenvalue weighted by Gasteiger charge is -2.20. The number of aryl methyl sites for hydroxylation is 1. The lowest BCUT2D eigenvalue weighted by atomic mass is 10.1. The summed E-state index contributed by atoms with van der Waals surface area (Å²) in [6.07, 6.45) is -0.953. The van der Waals surface area contributed by atoms with Crippen LogP contribution in [0.4, 0.5) is 16.2 Å². The van der Waals surface area contributed by atoms with Crippen LogP contribution in [0.15, 0.2) is 83.4 Å². The fraction of sp³-hybridized carbons (Fsp3) is 0.0833. The van der Waals surface area contributed by atoms with Crippen LogP contribution in [0.5, 0.6) is 5.75 Å². The van der Waals surface area contributed by atoms with E-state index < -0.39 is 12.1 Å². The molecule has 166 valence electrons. The Kier molecular flexibility index (Phi) is 6.31. The van der Waals surface area contributed by atoms with Crippen LogP contribution >= 0.6 is 0 Å². The van der Waals surface area contributed by atoms with Gasteiger partial charge in [0.15, 0.2) is 0 Å². The van der Waals surface area contributed by atoms with Gasteiger partial charge in [0.1, 0.15) is 5.75 Å². The van der Waals surface area contributed by atoms with Crippen LogP contribution in [0.3, 0.4) is 0 Å². The van der Waals surface area contributed by atoms with E-state index in [0.717, 1.165) is 0 Å². The summed E-state index contributed by atoms with van der Waals surface area (Å²) < 4.78 is 11.1. The minimum Gasteiger partial charge on any atom is -0.476 e. The predicted molar refractivity (Wildman–Crippen MR) is 123 cm³/mol. The van der Waals surface area contributed by atoms with Crippen LogP contribution < -0.4 is 21.1 Å². The summed E-state index contributed by atoms with van der Waals surface area (Å²) in [5.41, 5.74) is 7.55. The normalized spacial score (nSPS) is 11.4. The number of amides is 3. The number of carbonyl (C=O) groups is 2. The van der Waals surface area contributed by atoms with E-state index in [4.69, 9.17) is 15.0 Å². The molecule has 1 aromatic heterocycles. The Morgan fingerprint density at radius 3 is 2.36 bits per heavy atom. The van der Waals surface area contributed by atoms with Crippen molar-refractivity contribution in [3.8, 4) is 17.1 Å². The van der Waals surface area contributed by atoms with Crippen molar-refractivity contribution in [3.63, 3.8) is 0 Å². The average Bonchev–Trinajstić information content (AvgIpc) is 3.24. The molecule has 3 amide bonds. The third-order valence-corrected chi connectivity index (χ3v) is 4.61. The molecule has 3 aromatic carbocycles. The number of carbonyl (C=O) groups excluding carboxylic acids is 2. The smallest absolute Gasteiger partial charge is 0.316 e. The molecule has 0 bridgehead atoms. The Bertz CT molecular complexity index is 1270.